The van der Waals surface area contributed by atoms with Gasteiger partial charge in [0.2, 0.25) is 0 Å². The average Bonchev–Trinajstić information content (AvgIpc) is 3.19. The van der Waals surface area contributed by atoms with Gasteiger partial charge in [-0.1, -0.05) is 39.0 Å². The van der Waals surface area contributed by atoms with Gasteiger partial charge < -0.3 is 5.21 Å². The van der Waals surface area contributed by atoms with Crippen LogP contribution in [0.5, 0.6) is 0 Å². The van der Waals surface area contributed by atoms with Crippen LogP contribution < -0.4 is 15.2 Å². The monoisotopic (exact) mass is 487 g/mol. The first-order chi connectivity index (χ1) is 15.9. The largest absolute Gasteiger partial charge is 0.710 e. The predicted octanol–water partition coefficient (Wildman–Crippen LogP) is 4.28. The van der Waals surface area contributed by atoms with Crippen LogP contribution >= 0.6 is 0 Å². The molecule has 11 heteroatoms. The lowest BCUT2D eigenvalue weighted by Gasteiger charge is -2.19. The molecule has 2 aromatic carbocycles. The normalized spacial score (nSPS) is 12.4. The summed E-state index contributed by atoms with van der Waals surface area (Å²) in [4.78, 5) is -0.0325. The van der Waals surface area contributed by atoms with Gasteiger partial charge >= 0.3 is 0 Å². The first-order valence-electron chi connectivity index (χ1n) is 10.3. The van der Waals surface area contributed by atoms with Crippen LogP contribution in [0, 0.1) is 5.21 Å². The molecule has 0 amide bonds. The topological polar surface area (TPSA) is 117 Å². The molecule has 8 nitrogen and oxygen atoms in total. The average molecular weight is 488 g/mol. The summed E-state index contributed by atoms with van der Waals surface area (Å²) >= 11 is 0. The van der Waals surface area contributed by atoms with E-state index in [-0.39, 0.29) is 33.2 Å². The van der Waals surface area contributed by atoms with Crippen molar-refractivity contribution in [2.75, 3.05) is 10.5 Å². The highest BCUT2D eigenvalue weighted by molar-refractivity contribution is 7.92. The number of hydrogen-bond acceptors (Lipinski definition) is 5. The van der Waals surface area contributed by atoms with Crippen LogP contribution in [0.2, 0.25) is 0 Å². The van der Waals surface area contributed by atoms with Gasteiger partial charge in [0, 0.05) is 17.5 Å². The molecule has 0 radical (unpaired) electrons. The van der Waals surface area contributed by atoms with Crippen molar-refractivity contribution in [1.29, 1.82) is 0 Å². The number of nitrogens with zero attached hydrogens (tertiary/aromatic N) is 3. The van der Waals surface area contributed by atoms with Crippen LogP contribution in [0.1, 0.15) is 38.5 Å². The Labute approximate surface area is 195 Å². The van der Waals surface area contributed by atoms with Crippen LogP contribution in [0.3, 0.4) is 0 Å². The zero-order valence-electron chi connectivity index (χ0n) is 18.7. The standard InChI is InChI=1S/C23H23F2N5O3S/c1-23(2,3)14-7-9-15(10-8-14)34(32,33)28-21-13-17(22(24)25)27-29(21)18-5-4-6-19-16(18)11-12-20(26)30(19)31/h4-13,22,28H,26H2,1-3H3. The van der Waals surface area contributed by atoms with Gasteiger partial charge in [-0.3, -0.25) is 10.5 Å². The summed E-state index contributed by atoms with van der Waals surface area (Å²) < 4.78 is 57.0. The Morgan fingerprint density at radius 3 is 2.38 bits per heavy atom. The Hall–Kier alpha value is -3.73. The predicted molar refractivity (Wildman–Crippen MR) is 125 cm³/mol. The molecule has 2 aromatic heterocycles. The highest BCUT2D eigenvalue weighted by atomic mass is 32.2. The van der Waals surface area contributed by atoms with Crippen LogP contribution in [0.4, 0.5) is 20.4 Å². The second-order valence-electron chi connectivity index (χ2n) is 8.81. The van der Waals surface area contributed by atoms with Crippen molar-refractivity contribution in [3.8, 4) is 5.69 Å². The summed E-state index contributed by atoms with van der Waals surface area (Å²) in [6, 6.07) is 14.8. The summed E-state index contributed by atoms with van der Waals surface area (Å²) in [6.07, 6.45) is -2.94. The number of halogens is 2. The maximum absolute atomic E-state index is 13.5. The number of fused-ring (bicyclic) bond motifs is 1. The number of hydrogen-bond donors (Lipinski definition) is 2. The lowest BCUT2D eigenvalue weighted by Crippen LogP contribution is -2.31. The van der Waals surface area contributed by atoms with E-state index in [4.69, 9.17) is 5.73 Å². The minimum atomic E-state index is -4.13. The Morgan fingerprint density at radius 2 is 1.76 bits per heavy atom. The lowest BCUT2D eigenvalue weighted by molar-refractivity contribution is -0.561. The molecule has 4 aromatic rings. The molecule has 0 aliphatic carbocycles. The first kappa shape index (κ1) is 23.4. The molecule has 0 aliphatic rings. The molecule has 178 valence electrons. The van der Waals surface area contributed by atoms with Crippen LogP contribution in [-0.4, -0.2) is 18.2 Å². The van der Waals surface area contributed by atoms with Crippen LogP contribution in [0.25, 0.3) is 16.6 Å². The fourth-order valence-corrected chi connectivity index (χ4v) is 4.58. The molecule has 0 saturated carbocycles. The number of alkyl halides is 2. The van der Waals surface area contributed by atoms with Gasteiger partial charge in [0.15, 0.2) is 0 Å². The van der Waals surface area contributed by atoms with E-state index in [1.807, 2.05) is 20.8 Å². The smallest absolute Gasteiger partial charge is 0.282 e. The minimum Gasteiger partial charge on any atom is -0.710 e. The van der Waals surface area contributed by atoms with E-state index in [9.17, 15) is 22.4 Å². The van der Waals surface area contributed by atoms with Crippen molar-refractivity contribution in [3.63, 3.8) is 0 Å². The molecule has 2 heterocycles. The summed E-state index contributed by atoms with van der Waals surface area (Å²) in [7, 11) is -4.13. The number of rotatable bonds is 5. The van der Waals surface area contributed by atoms with Gasteiger partial charge in [-0.15, -0.1) is 0 Å². The molecule has 3 N–H and O–H groups in total. The molecule has 0 fully saturated rings. The Balaban J connectivity index is 1.82. The summed E-state index contributed by atoms with van der Waals surface area (Å²) in [5, 5.41) is 16.6. The number of nitrogens with two attached hydrogens (primary N) is 1. The van der Waals surface area contributed by atoms with E-state index < -0.39 is 22.1 Å². The number of pyridine rings is 1. The van der Waals surface area contributed by atoms with E-state index in [0.717, 1.165) is 16.3 Å². The van der Waals surface area contributed by atoms with Crippen molar-refractivity contribution in [2.45, 2.75) is 37.5 Å². The molecule has 0 spiro atoms. The van der Waals surface area contributed by atoms with Crippen molar-refractivity contribution < 1.29 is 21.9 Å². The molecule has 0 saturated heterocycles. The van der Waals surface area contributed by atoms with E-state index in [0.29, 0.717) is 10.1 Å². The Kier molecular flexibility index (Phi) is 5.68. The third kappa shape index (κ3) is 4.26. The quantitative estimate of drug-likeness (QED) is 0.322. The van der Waals surface area contributed by atoms with E-state index in [1.165, 1.54) is 36.4 Å². The number of nitrogen functional groups attached to an aromatic ring is 1. The van der Waals surface area contributed by atoms with Gasteiger partial charge in [-0.25, -0.2) is 26.6 Å². The third-order valence-corrected chi connectivity index (χ3v) is 6.75. The Bertz CT molecular complexity index is 1480. The number of sulfonamides is 1. The molecule has 4 rings (SSSR count). The SMILES string of the molecule is CC(C)(C)c1ccc(S(=O)(=O)Nc2cc(C(F)F)nn2-c2cccc3c2ccc(N)[n+]3[O-])cc1. The molecule has 0 unspecified atom stereocenters. The van der Waals surface area contributed by atoms with Crippen molar-refractivity contribution in [2.24, 2.45) is 0 Å². The van der Waals surface area contributed by atoms with E-state index in [2.05, 4.69) is 9.82 Å². The summed E-state index contributed by atoms with van der Waals surface area (Å²) in [5.74, 6) is -0.241. The number of anilines is 2. The highest BCUT2D eigenvalue weighted by Crippen LogP contribution is 2.30. The number of benzene rings is 2. The van der Waals surface area contributed by atoms with Crippen LogP contribution in [0.15, 0.2) is 65.6 Å². The van der Waals surface area contributed by atoms with Crippen molar-refractivity contribution in [1.82, 2.24) is 9.78 Å². The summed E-state index contributed by atoms with van der Waals surface area (Å²) in [5.41, 5.74) is 6.23. The molecule has 0 aliphatic heterocycles. The van der Waals surface area contributed by atoms with Gasteiger partial charge in [-0.05, 0) is 41.3 Å². The van der Waals surface area contributed by atoms with E-state index in [1.54, 1.807) is 18.2 Å². The van der Waals surface area contributed by atoms with Gasteiger partial charge in [0.1, 0.15) is 17.0 Å². The number of aromatic nitrogens is 3. The first-order valence-corrected chi connectivity index (χ1v) is 11.8. The molecule has 0 atom stereocenters. The Morgan fingerprint density at radius 1 is 1.09 bits per heavy atom. The van der Waals surface area contributed by atoms with Gasteiger partial charge in [0.25, 0.3) is 22.3 Å². The third-order valence-electron chi connectivity index (χ3n) is 5.38. The molecular formula is C23H23F2N5O3S. The van der Waals surface area contributed by atoms with Crippen molar-refractivity contribution >= 4 is 32.6 Å². The second-order valence-corrected chi connectivity index (χ2v) is 10.5. The highest BCUT2D eigenvalue weighted by Gasteiger charge is 2.24. The fourth-order valence-electron chi connectivity index (χ4n) is 3.54. The maximum Gasteiger partial charge on any atom is 0.282 e. The van der Waals surface area contributed by atoms with Gasteiger partial charge in [-0.2, -0.15) is 5.10 Å². The number of nitrogens with one attached hydrogen (secondary N) is 1. The second kappa shape index (κ2) is 8.24. The zero-order chi connectivity index (χ0) is 24.8. The lowest BCUT2D eigenvalue weighted by atomic mass is 9.87. The molecule has 34 heavy (non-hydrogen) atoms. The minimum absolute atomic E-state index is 0.0325. The fraction of sp³-hybridized carbons (Fsp3) is 0.217. The molecule has 0 bridgehead atoms. The van der Waals surface area contributed by atoms with Crippen LogP contribution in [-0.2, 0) is 15.4 Å². The van der Waals surface area contributed by atoms with Gasteiger partial charge in [0.05, 0.1) is 10.6 Å². The molecular weight excluding hydrogens is 464 g/mol. The van der Waals surface area contributed by atoms with Crippen molar-refractivity contribution in [3.05, 3.63) is 77.1 Å². The zero-order valence-corrected chi connectivity index (χ0v) is 19.5. The maximum atomic E-state index is 13.5. The van der Waals surface area contributed by atoms with E-state index >= 15 is 0 Å². The summed E-state index contributed by atoms with van der Waals surface area (Å²) in [6.45, 7) is 6.01.